The van der Waals surface area contributed by atoms with Gasteiger partial charge in [0, 0.05) is 43.0 Å². The van der Waals surface area contributed by atoms with Crippen LogP contribution in [0.25, 0.3) is 0 Å². The second kappa shape index (κ2) is 8.56. The summed E-state index contributed by atoms with van der Waals surface area (Å²) >= 11 is 6.12. The number of nitrogens with zero attached hydrogens (tertiary/aromatic N) is 1. The van der Waals surface area contributed by atoms with E-state index in [0.717, 1.165) is 16.9 Å². The van der Waals surface area contributed by atoms with Gasteiger partial charge in [-0.25, -0.2) is 0 Å². The quantitative estimate of drug-likeness (QED) is 0.330. The zero-order valence-electron chi connectivity index (χ0n) is 18.0. The van der Waals surface area contributed by atoms with Crippen LogP contribution in [-0.4, -0.2) is 36.8 Å². The molecule has 0 aromatic heterocycles. The minimum Gasteiger partial charge on any atom is -0.501 e. The highest BCUT2D eigenvalue weighted by atomic mass is 35.5. The van der Waals surface area contributed by atoms with Crippen molar-refractivity contribution in [3.05, 3.63) is 86.6 Å². The van der Waals surface area contributed by atoms with Crippen LogP contribution in [0.1, 0.15) is 36.3 Å². The first-order valence-electron chi connectivity index (χ1n) is 10.3. The van der Waals surface area contributed by atoms with Crippen molar-refractivity contribution in [3.63, 3.8) is 0 Å². The number of hydrogen-bond acceptors (Lipinski definition) is 6. The van der Waals surface area contributed by atoms with Crippen LogP contribution in [0.3, 0.4) is 0 Å². The van der Waals surface area contributed by atoms with E-state index in [1.54, 1.807) is 26.4 Å². The van der Waals surface area contributed by atoms with Gasteiger partial charge < -0.3 is 14.2 Å². The Bertz CT molecular complexity index is 1050. The maximum absolute atomic E-state index is 11.6. The van der Waals surface area contributed by atoms with Crippen molar-refractivity contribution in [1.82, 2.24) is 0 Å². The van der Waals surface area contributed by atoms with Gasteiger partial charge in [-0.1, -0.05) is 35.9 Å². The summed E-state index contributed by atoms with van der Waals surface area (Å²) < 4.78 is 17.5. The number of rotatable bonds is 7. The summed E-state index contributed by atoms with van der Waals surface area (Å²) in [6.45, 7) is 1.39. The molecule has 0 aliphatic heterocycles. The van der Waals surface area contributed by atoms with E-state index in [1.807, 2.05) is 30.3 Å². The Balaban J connectivity index is 1.83. The van der Waals surface area contributed by atoms with Gasteiger partial charge in [0.05, 0.1) is 18.0 Å². The highest BCUT2D eigenvalue weighted by Gasteiger charge is 2.63. The van der Waals surface area contributed by atoms with Gasteiger partial charge in [0.25, 0.3) is 5.69 Å². The highest BCUT2D eigenvalue weighted by molar-refractivity contribution is 6.30. The Morgan fingerprint density at radius 1 is 1.09 bits per heavy atom. The average Bonchev–Trinajstić information content (AvgIpc) is 3.45. The number of non-ortho nitro benzene ring substituents is 1. The van der Waals surface area contributed by atoms with Gasteiger partial charge in [0.15, 0.2) is 0 Å². The number of hydrogen-bond donors (Lipinski definition) is 0. The summed E-state index contributed by atoms with van der Waals surface area (Å²) in [7, 11) is 3.25. The molecule has 0 heterocycles. The maximum Gasteiger partial charge on any atom is 0.302 e. The van der Waals surface area contributed by atoms with E-state index in [-0.39, 0.29) is 35.5 Å². The molecule has 1 unspecified atom stereocenters. The molecule has 1 fully saturated rings. The second-order valence-corrected chi connectivity index (χ2v) is 8.59. The number of allylic oxidation sites excluding steroid dienone is 1. The Morgan fingerprint density at radius 3 is 2.25 bits per heavy atom. The van der Waals surface area contributed by atoms with E-state index in [0.29, 0.717) is 11.4 Å². The van der Waals surface area contributed by atoms with E-state index >= 15 is 0 Å². The van der Waals surface area contributed by atoms with Crippen LogP contribution < -0.4 is 0 Å². The monoisotopic (exact) mass is 457 g/mol. The molecule has 0 saturated heterocycles. The molecule has 2 aromatic rings. The van der Waals surface area contributed by atoms with Gasteiger partial charge >= 0.3 is 5.97 Å². The molecule has 0 spiro atoms. The zero-order valence-corrected chi connectivity index (χ0v) is 18.7. The van der Waals surface area contributed by atoms with Crippen LogP contribution >= 0.6 is 11.6 Å². The van der Waals surface area contributed by atoms with Gasteiger partial charge in [-0.2, -0.15) is 0 Å². The molecular weight excluding hydrogens is 434 g/mol. The van der Waals surface area contributed by atoms with Crippen LogP contribution in [0, 0.1) is 16.0 Å². The van der Waals surface area contributed by atoms with E-state index in [1.165, 1.54) is 19.1 Å². The molecule has 0 N–H and O–H groups in total. The van der Waals surface area contributed by atoms with Gasteiger partial charge in [-0.3, -0.25) is 14.9 Å². The van der Waals surface area contributed by atoms with Crippen molar-refractivity contribution >= 4 is 23.3 Å². The van der Waals surface area contributed by atoms with Gasteiger partial charge in [-0.15, -0.1) is 0 Å². The fraction of sp³-hybridized carbons (Fsp3) is 0.375. The smallest absolute Gasteiger partial charge is 0.302 e. The third-order valence-electron chi connectivity index (χ3n) is 6.40. The second-order valence-electron chi connectivity index (χ2n) is 8.15. The molecule has 2 aromatic carbocycles. The zero-order chi connectivity index (χ0) is 23.0. The SMILES string of the molecule is COC1=CC(OC)([C@@H]2C[C@H]2OC(C)=O)[C@@H](c2ccc([N+](=O)[O-])cc2)[C@@H]1c1ccc(Cl)cc1. The van der Waals surface area contributed by atoms with E-state index in [9.17, 15) is 14.9 Å². The molecule has 168 valence electrons. The third kappa shape index (κ3) is 3.87. The molecule has 2 aliphatic carbocycles. The standard InChI is InChI=1S/C24H24ClNO6/c1-14(27)32-20-12-19(20)24(31-3)13-21(30-2)22(15-4-8-17(25)9-5-15)23(24)16-6-10-18(11-7-16)26(28)29/h4-11,13,19-20,22-23H,12H2,1-3H3/t19-,20-,22-,23+,24?/m1/s1. The molecule has 0 amide bonds. The lowest BCUT2D eigenvalue weighted by molar-refractivity contribution is -0.384. The molecule has 32 heavy (non-hydrogen) atoms. The largest absolute Gasteiger partial charge is 0.501 e. The number of carbonyl (C=O) groups is 1. The number of nitro benzene ring substituents is 1. The summed E-state index contributed by atoms with van der Waals surface area (Å²) in [5.74, 6) is -0.142. The molecule has 2 aliphatic rings. The topological polar surface area (TPSA) is 87.9 Å². The number of ether oxygens (including phenoxy) is 3. The predicted molar refractivity (Wildman–Crippen MR) is 119 cm³/mol. The van der Waals surface area contributed by atoms with Crippen LogP contribution in [0.2, 0.25) is 5.02 Å². The van der Waals surface area contributed by atoms with Gasteiger partial charge in [0.2, 0.25) is 0 Å². The first kappa shape index (κ1) is 22.3. The van der Waals surface area contributed by atoms with Gasteiger partial charge in [0.1, 0.15) is 17.5 Å². The molecule has 7 nitrogen and oxygen atoms in total. The number of carbonyl (C=O) groups excluding carboxylic acids is 1. The first-order chi connectivity index (χ1) is 15.3. The lowest BCUT2D eigenvalue weighted by atomic mass is 9.73. The molecule has 4 rings (SSSR count). The first-order valence-corrected chi connectivity index (χ1v) is 10.7. The summed E-state index contributed by atoms with van der Waals surface area (Å²) in [4.78, 5) is 22.3. The Kier molecular flexibility index (Phi) is 5.97. The van der Waals surface area contributed by atoms with Crippen molar-refractivity contribution in [2.75, 3.05) is 14.2 Å². The predicted octanol–water partition coefficient (Wildman–Crippen LogP) is 5.00. The third-order valence-corrected chi connectivity index (χ3v) is 6.66. The molecule has 5 atom stereocenters. The normalized spacial score (nSPS) is 28.7. The minimum atomic E-state index is -0.814. The van der Waals surface area contributed by atoms with Crippen molar-refractivity contribution in [3.8, 4) is 0 Å². The summed E-state index contributed by atoms with van der Waals surface area (Å²) in [6.07, 6.45) is 2.39. The number of methoxy groups -OCH3 is 2. The maximum atomic E-state index is 11.6. The van der Waals surface area contributed by atoms with E-state index in [4.69, 9.17) is 25.8 Å². The Labute approximate surface area is 191 Å². The van der Waals surface area contributed by atoms with Crippen LogP contribution in [0.15, 0.2) is 60.4 Å². The Morgan fingerprint density at radius 2 is 1.72 bits per heavy atom. The number of halogens is 1. The van der Waals surface area contributed by atoms with Crippen molar-refractivity contribution in [2.45, 2.75) is 36.9 Å². The Hall–Kier alpha value is -2.90. The highest BCUT2D eigenvalue weighted by Crippen LogP contribution is 2.61. The fourth-order valence-electron chi connectivity index (χ4n) is 4.96. The van der Waals surface area contributed by atoms with Crippen LogP contribution in [0.5, 0.6) is 0 Å². The van der Waals surface area contributed by atoms with Crippen molar-refractivity contribution in [2.24, 2.45) is 5.92 Å². The molecule has 0 radical (unpaired) electrons. The number of esters is 1. The van der Waals surface area contributed by atoms with Crippen molar-refractivity contribution in [1.29, 1.82) is 0 Å². The van der Waals surface area contributed by atoms with Gasteiger partial charge in [-0.05, 0) is 35.8 Å². The number of nitro groups is 1. The van der Waals surface area contributed by atoms with E-state index < -0.39 is 10.5 Å². The summed E-state index contributed by atoms with van der Waals surface area (Å²) in [6, 6.07) is 14.0. The van der Waals surface area contributed by atoms with E-state index in [2.05, 4.69) is 0 Å². The lowest BCUT2D eigenvalue weighted by Crippen LogP contribution is -2.39. The molecule has 8 heteroatoms. The average molecular weight is 458 g/mol. The molecular formula is C24H24ClNO6. The van der Waals surface area contributed by atoms with Crippen LogP contribution in [0.4, 0.5) is 5.69 Å². The summed E-state index contributed by atoms with van der Waals surface area (Å²) in [5.41, 5.74) is 1.05. The molecule has 1 saturated carbocycles. The minimum absolute atomic E-state index is 0.0157. The lowest BCUT2D eigenvalue weighted by Gasteiger charge is -2.37. The number of benzene rings is 2. The van der Waals surface area contributed by atoms with Crippen LogP contribution in [-0.2, 0) is 19.0 Å². The summed E-state index contributed by atoms with van der Waals surface area (Å²) in [5, 5.41) is 11.8. The van der Waals surface area contributed by atoms with Crippen molar-refractivity contribution < 1.29 is 23.9 Å². The fourth-order valence-corrected chi connectivity index (χ4v) is 5.09. The molecule has 0 bridgehead atoms.